The number of benzene rings is 1. The molecule has 0 bridgehead atoms. The molecule has 0 saturated carbocycles. The number of carbonyl (C=O) groups excluding carboxylic acids is 1. The minimum Gasteiger partial charge on any atom is -0.327 e. The number of carbonyl (C=O) groups is 1. The van der Waals surface area contributed by atoms with Crippen molar-refractivity contribution in [1.82, 2.24) is 4.98 Å². The first-order valence-corrected chi connectivity index (χ1v) is 7.52. The quantitative estimate of drug-likeness (QED) is 0.892. The Morgan fingerprint density at radius 3 is 2.86 bits per heavy atom. The first kappa shape index (κ1) is 15.6. The second kappa shape index (κ2) is 6.78. The number of nitrogens with zero attached hydrogens (tertiary/aromatic N) is 1. The standard InChI is InChI=1S/C15H18FN3OS/c1-9(17)7-14(20)19-15-18-10(2)13(21-15)8-11-5-3-4-6-12(11)16/h3-6,9H,7-8,17H2,1-2H3,(H,18,19,20). The van der Waals surface area contributed by atoms with Gasteiger partial charge in [0.1, 0.15) is 5.82 Å². The average molecular weight is 307 g/mol. The van der Waals surface area contributed by atoms with Gasteiger partial charge in [-0.1, -0.05) is 18.2 Å². The van der Waals surface area contributed by atoms with Gasteiger partial charge in [-0.3, -0.25) is 4.79 Å². The minimum atomic E-state index is -0.229. The zero-order valence-corrected chi connectivity index (χ0v) is 12.8. The molecule has 1 aromatic carbocycles. The van der Waals surface area contributed by atoms with Crippen LogP contribution in [0.5, 0.6) is 0 Å². The van der Waals surface area contributed by atoms with Crippen LogP contribution in [-0.4, -0.2) is 16.9 Å². The van der Waals surface area contributed by atoms with Crippen LogP contribution >= 0.6 is 11.3 Å². The molecule has 2 rings (SSSR count). The summed E-state index contributed by atoms with van der Waals surface area (Å²) in [5.74, 6) is -0.385. The Kier molecular flexibility index (Phi) is 5.03. The van der Waals surface area contributed by atoms with E-state index in [1.165, 1.54) is 17.4 Å². The third-order valence-electron chi connectivity index (χ3n) is 2.96. The highest BCUT2D eigenvalue weighted by Gasteiger charge is 2.13. The molecule has 1 heterocycles. The lowest BCUT2D eigenvalue weighted by molar-refractivity contribution is -0.116. The third-order valence-corrected chi connectivity index (χ3v) is 4.03. The molecule has 0 radical (unpaired) electrons. The molecule has 0 saturated heterocycles. The predicted octanol–water partition coefficient (Wildman–Crippen LogP) is 2.86. The molecule has 6 heteroatoms. The molecule has 112 valence electrons. The average Bonchev–Trinajstić information content (AvgIpc) is 2.71. The van der Waals surface area contributed by atoms with E-state index in [0.717, 1.165) is 10.6 Å². The zero-order valence-electron chi connectivity index (χ0n) is 12.0. The van der Waals surface area contributed by atoms with E-state index >= 15 is 0 Å². The molecule has 1 aromatic heterocycles. The van der Waals surface area contributed by atoms with E-state index in [4.69, 9.17) is 5.73 Å². The monoisotopic (exact) mass is 307 g/mol. The number of nitrogens with two attached hydrogens (primary N) is 1. The van der Waals surface area contributed by atoms with E-state index in [-0.39, 0.29) is 24.2 Å². The van der Waals surface area contributed by atoms with E-state index < -0.39 is 0 Å². The molecule has 21 heavy (non-hydrogen) atoms. The molecule has 0 spiro atoms. The molecule has 1 atom stereocenters. The Hall–Kier alpha value is -1.79. The van der Waals surface area contributed by atoms with Crippen molar-refractivity contribution in [2.24, 2.45) is 5.73 Å². The molecule has 2 aromatic rings. The van der Waals surface area contributed by atoms with Gasteiger partial charge in [0.05, 0.1) is 5.69 Å². The number of halogens is 1. The van der Waals surface area contributed by atoms with E-state index in [1.807, 2.05) is 6.92 Å². The molecule has 1 unspecified atom stereocenters. The fourth-order valence-electron chi connectivity index (χ4n) is 1.92. The number of nitrogens with one attached hydrogen (secondary N) is 1. The Morgan fingerprint density at radius 2 is 2.19 bits per heavy atom. The van der Waals surface area contributed by atoms with Crippen molar-refractivity contribution in [2.45, 2.75) is 32.7 Å². The van der Waals surface area contributed by atoms with Crippen LogP contribution in [0.25, 0.3) is 0 Å². The van der Waals surface area contributed by atoms with Crippen molar-refractivity contribution in [3.63, 3.8) is 0 Å². The van der Waals surface area contributed by atoms with E-state index in [9.17, 15) is 9.18 Å². The maximum absolute atomic E-state index is 13.7. The third kappa shape index (κ3) is 4.34. The Morgan fingerprint density at radius 1 is 1.48 bits per heavy atom. The second-order valence-electron chi connectivity index (χ2n) is 5.03. The summed E-state index contributed by atoms with van der Waals surface area (Å²) in [5.41, 5.74) is 7.01. The van der Waals surface area contributed by atoms with Gasteiger partial charge in [-0.25, -0.2) is 9.37 Å². The SMILES string of the molecule is Cc1nc(NC(=O)CC(C)N)sc1Cc1ccccc1F. The smallest absolute Gasteiger partial charge is 0.227 e. The van der Waals surface area contributed by atoms with Crippen LogP contribution in [-0.2, 0) is 11.2 Å². The van der Waals surface area contributed by atoms with Crippen LogP contribution < -0.4 is 11.1 Å². The highest BCUT2D eigenvalue weighted by Crippen LogP contribution is 2.26. The van der Waals surface area contributed by atoms with Crippen molar-refractivity contribution in [1.29, 1.82) is 0 Å². The summed E-state index contributed by atoms with van der Waals surface area (Å²) >= 11 is 1.37. The summed E-state index contributed by atoms with van der Waals surface area (Å²) < 4.78 is 13.7. The number of hydrogen-bond donors (Lipinski definition) is 2. The van der Waals surface area contributed by atoms with Crippen LogP contribution in [0.3, 0.4) is 0 Å². The first-order chi connectivity index (χ1) is 9.95. The molecular weight excluding hydrogens is 289 g/mol. The summed E-state index contributed by atoms with van der Waals surface area (Å²) in [6.45, 7) is 3.63. The number of rotatable bonds is 5. The Bertz CT molecular complexity index is 640. The summed E-state index contributed by atoms with van der Waals surface area (Å²) in [6, 6.07) is 6.47. The second-order valence-corrected chi connectivity index (χ2v) is 6.11. The lowest BCUT2D eigenvalue weighted by atomic mass is 10.1. The van der Waals surface area contributed by atoms with Gasteiger partial charge in [0.25, 0.3) is 0 Å². The Labute approximate surface area is 127 Å². The number of thiazole rings is 1. The first-order valence-electron chi connectivity index (χ1n) is 6.71. The van der Waals surface area contributed by atoms with E-state index in [0.29, 0.717) is 17.1 Å². The largest absolute Gasteiger partial charge is 0.327 e. The van der Waals surface area contributed by atoms with Crippen molar-refractivity contribution < 1.29 is 9.18 Å². The number of anilines is 1. The number of aryl methyl sites for hydroxylation is 1. The van der Waals surface area contributed by atoms with Crippen molar-refractivity contribution in [2.75, 3.05) is 5.32 Å². The number of amides is 1. The topological polar surface area (TPSA) is 68.0 Å². The number of hydrogen-bond acceptors (Lipinski definition) is 4. The van der Waals surface area contributed by atoms with Crippen LogP contribution in [0, 0.1) is 12.7 Å². The van der Waals surface area contributed by atoms with E-state index in [2.05, 4.69) is 10.3 Å². The van der Waals surface area contributed by atoms with Gasteiger partial charge in [-0.05, 0) is 25.5 Å². The fraction of sp³-hybridized carbons (Fsp3) is 0.333. The molecule has 0 aliphatic heterocycles. The minimum absolute atomic E-state index is 0.156. The summed E-state index contributed by atoms with van der Waals surface area (Å²) in [6.07, 6.45) is 0.723. The summed E-state index contributed by atoms with van der Waals surface area (Å²) in [7, 11) is 0. The normalized spacial score (nSPS) is 12.2. The van der Waals surface area contributed by atoms with Crippen molar-refractivity contribution >= 4 is 22.4 Å². The molecule has 0 aliphatic rings. The predicted molar refractivity (Wildman–Crippen MR) is 83.0 cm³/mol. The van der Waals surface area contributed by atoms with Gasteiger partial charge in [0.2, 0.25) is 5.91 Å². The van der Waals surface area contributed by atoms with Crippen molar-refractivity contribution in [3.05, 3.63) is 46.2 Å². The highest BCUT2D eigenvalue weighted by atomic mass is 32.1. The molecule has 0 aliphatic carbocycles. The lowest BCUT2D eigenvalue weighted by Crippen LogP contribution is -2.23. The van der Waals surface area contributed by atoms with Crippen molar-refractivity contribution in [3.8, 4) is 0 Å². The summed E-state index contributed by atoms with van der Waals surface area (Å²) in [5, 5.41) is 3.26. The van der Waals surface area contributed by atoms with Gasteiger partial charge in [-0.15, -0.1) is 11.3 Å². The van der Waals surface area contributed by atoms with Gasteiger partial charge in [0.15, 0.2) is 5.13 Å². The Balaban J connectivity index is 2.09. The van der Waals surface area contributed by atoms with Crippen LogP contribution in [0.4, 0.5) is 9.52 Å². The van der Waals surface area contributed by atoms with E-state index in [1.54, 1.807) is 25.1 Å². The van der Waals surface area contributed by atoms with Gasteiger partial charge in [-0.2, -0.15) is 0 Å². The highest BCUT2D eigenvalue weighted by molar-refractivity contribution is 7.15. The van der Waals surface area contributed by atoms with Gasteiger partial charge < -0.3 is 11.1 Å². The molecule has 3 N–H and O–H groups in total. The zero-order chi connectivity index (χ0) is 15.4. The molecule has 1 amide bonds. The lowest BCUT2D eigenvalue weighted by Gasteiger charge is -2.03. The van der Waals surface area contributed by atoms with Crippen LogP contribution in [0.2, 0.25) is 0 Å². The van der Waals surface area contributed by atoms with Crippen LogP contribution in [0.1, 0.15) is 29.5 Å². The maximum atomic E-state index is 13.7. The fourth-order valence-corrected chi connectivity index (χ4v) is 2.92. The van der Waals surface area contributed by atoms with Gasteiger partial charge >= 0.3 is 0 Å². The molecular formula is C15H18FN3OS. The molecule has 0 fully saturated rings. The maximum Gasteiger partial charge on any atom is 0.227 e. The van der Waals surface area contributed by atoms with Gasteiger partial charge in [0, 0.05) is 23.8 Å². The molecule has 4 nitrogen and oxygen atoms in total. The number of aromatic nitrogens is 1. The van der Waals surface area contributed by atoms with Crippen LogP contribution in [0.15, 0.2) is 24.3 Å². The summed E-state index contributed by atoms with van der Waals surface area (Å²) in [4.78, 5) is 16.9.